The molecule has 0 bridgehead atoms. The van der Waals surface area contributed by atoms with Crippen molar-refractivity contribution in [3.8, 4) is 0 Å². The van der Waals surface area contributed by atoms with Crippen molar-refractivity contribution in [2.45, 2.75) is 36.6 Å². The number of H-pyrrole nitrogens is 1. The van der Waals surface area contributed by atoms with E-state index in [1.54, 1.807) is 13.8 Å². The molecule has 1 heterocycles. The van der Waals surface area contributed by atoms with Gasteiger partial charge in [0.2, 0.25) is 5.95 Å². The molecule has 1 aromatic carbocycles. The zero-order valence-electron chi connectivity index (χ0n) is 14.4. The van der Waals surface area contributed by atoms with E-state index in [9.17, 15) is 27.2 Å². The molecule has 146 valence electrons. The summed E-state index contributed by atoms with van der Waals surface area (Å²) < 4.78 is 51.4. The molecule has 0 radical (unpaired) electrons. The van der Waals surface area contributed by atoms with E-state index in [2.05, 4.69) is 9.97 Å². The topological polar surface area (TPSA) is 88.8 Å². The van der Waals surface area contributed by atoms with Crippen molar-refractivity contribution in [1.82, 2.24) is 9.97 Å². The minimum atomic E-state index is -4.60. The van der Waals surface area contributed by atoms with Crippen LogP contribution in [0.5, 0.6) is 0 Å². The highest BCUT2D eigenvalue weighted by Gasteiger charge is 2.31. The number of nitrogens with two attached hydrogens (primary N) is 1. The number of aromatic amines is 1. The van der Waals surface area contributed by atoms with E-state index in [1.807, 2.05) is 0 Å². The molecule has 0 amide bonds. The lowest BCUT2D eigenvalue weighted by Gasteiger charge is -2.21. The standard InChI is InChI=1S/C17H17F4N3O2S/c1-8(2)10(6-13(25)12-7-15(26)24-16(22)23-12)9-3-4-14(11(18)5-9)27-17(19,20)21/h3-5,7-8,10H,6H2,1-2H3,(H3,22,23,24,26)/t10-/m1/s1. The third-order valence-electron chi connectivity index (χ3n) is 3.87. The second-order valence-corrected chi connectivity index (χ2v) is 7.34. The van der Waals surface area contributed by atoms with Crippen LogP contribution >= 0.6 is 11.8 Å². The summed E-state index contributed by atoms with van der Waals surface area (Å²) in [6, 6.07) is 4.44. The van der Waals surface area contributed by atoms with Crippen molar-refractivity contribution >= 4 is 23.5 Å². The van der Waals surface area contributed by atoms with Gasteiger partial charge in [-0.05, 0) is 41.3 Å². The second-order valence-electron chi connectivity index (χ2n) is 6.23. The number of anilines is 1. The van der Waals surface area contributed by atoms with Crippen LogP contribution in [0.2, 0.25) is 0 Å². The summed E-state index contributed by atoms with van der Waals surface area (Å²) >= 11 is -0.534. The van der Waals surface area contributed by atoms with Crippen LogP contribution in [0.3, 0.4) is 0 Å². The molecule has 1 atom stereocenters. The molecule has 10 heteroatoms. The Morgan fingerprint density at radius 1 is 1.30 bits per heavy atom. The number of hydrogen-bond acceptors (Lipinski definition) is 5. The Balaban J connectivity index is 2.28. The molecule has 0 unspecified atom stereocenters. The first-order chi connectivity index (χ1) is 12.5. The first-order valence-corrected chi connectivity index (χ1v) is 8.73. The van der Waals surface area contributed by atoms with Gasteiger partial charge in [-0.15, -0.1) is 0 Å². The van der Waals surface area contributed by atoms with Gasteiger partial charge in [0.1, 0.15) is 11.5 Å². The third-order valence-corrected chi connectivity index (χ3v) is 4.65. The van der Waals surface area contributed by atoms with Gasteiger partial charge in [0, 0.05) is 12.5 Å². The first-order valence-electron chi connectivity index (χ1n) is 7.91. The Kier molecular flexibility index (Phi) is 6.30. The number of halogens is 4. The fourth-order valence-corrected chi connectivity index (χ4v) is 3.16. The Labute approximate surface area is 156 Å². The van der Waals surface area contributed by atoms with Gasteiger partial charge in [0.05, 0.1) is 4.90 Å². The van der Waals surface area contributed by atoms with Crippen molar-refractivity contribution in [2.24, 2.45) is 5.92 Å². The van der Waals surface area contributed by atoms with E-state index in [-0.39, 0.29) is 24.0 Å². The summed E-state index contributed by atoms with van der Waals surface area (Å²) in [6.45, 7) is 3.60. The van der Waals surface area contributed by atoms with Crippen LogP contribution in [0, 0.1) is 11.7 Å². The van der Waals surface area contributed by atoms with Crippen LogP contribution in [0.1, 0.15) is 42.2 Å². The number of rotatable bonds is 6. The number of carbonyl (C=O) groups is 1. The number of thioether (sulfide) groups is 1. The molecule has 0 fully saturated rings. The van der Waals surface area contributed by atoms with Gasteiger partial charge in [-0.25, -0.2) is 9.37 Å². The maximum atomic E-state index is 14.1. The predicted molar refractivity (Wildman–Crippen MR) is 94.1 cm³/mol. The minimum absolute atomic E-state index is 0.0985. The highest BCUT2D eigenvalue weighted by molar-refractivity contribution is 8.00. The smallest absolute Gasteiger partial charge is 0.369 e. The molecule has 0 saturated heterocycles. The molecule has 0 spiro atoms. The van der Waals surface area contributed by atoms with E-state index in [0.29, 0.717) is 5.56 Å². The summed E-state index contributed by atoms with van der Waals surface area (Å²) in [6.07, 6.45) is -0.0985. The molecule has 1 aromatic heterocycles. The number of carbonyl (C=O) groups excluding carboxylic acids is 1. The number of ketones is 1. The highest BCUT2D eigenvalue weighted by atomic mass is 32.2. The number of aromatic nitrogens is 2. The van der Waals surface area contributed by atoms with E-state index in [0.717, 1.165) is 18.2 Å². The van der Waals surface area contributed by atoms with Crippen molar-refractivity contribution in [1.29, 1.82) is 0 Å². The van der Waals surface area contributed by atoms with Crippen LogP contribution in [-0.2, 0) is 0 Å². The molecular weight excluding hydrogens is 386 g/mol. The number of Topliss-reactive ketones (excluding diaryl/α,β-unsaturated/α-hetero) is 1. The lowest BCUT2D eigenvalue weighted by molar-refractivity contribution is -0.0329. The molecule has 2 rings (SSSR count). The highest BCUT2D eigenvalue weighted by Crippen LogP contribution is 2.39. The van der Waals surface area contributed by atoms with Gasteiger partial charge in [-0.1, -0.05) is 19.9 Å². The Morgan fingerprint density at radius 2 is 1.96 bits per heavy atom. The van der Waals surface area contributed by atoms with Crippen molar-refractivity contribution < 1.29 is 22.4 Å². The van der Waals surface area contributed by atoms with Crippen LogP contribution < -0.4 is 11.3 Å². The number of nitrogen functional groups attached to an aromatic ring is 1. The van der Waals surface area contributed by atoms with E-state index in [4.69, 9.17) is 5.73 Å². The van der Waals surface area contributed by atoms with Crippen molar-refractivity contribution in [3.63, 3.8) is 0 Å². The fraction of sp³-hybridized carbons (Fsp3) is 0.353. The molecule has 0 aliphatic carbocycles. The van der Waals surface area contributed by atoms with Gasteiger partial charge in [-0.2, -0.15) is 13.2 Å². The average Bonchev–Trinajstić information content (AvgIpc) is 2.52. The number of nitrogens with one attached hydrogen (secondary N) is 1. The number of hydrogen-bond donors (Lipinski definition) is 2. The molecule has 0 saturated carbocycles. The summed E-state index contributed by atoms with van der Waals surface area (Å²) in [4.78, 5) is 29.4. The average molecular weight is 403 g/mol. The van der Waals surface area contributed by atoms with Gasteiger partial charge in [0.25, 0.3) is 5.56 Å². The molecule has 3 N–H and O–H groups in total. The predicted octanol–water partition coefficient (Wildman–Crippen LogP) is 4.12. The Morgan fingerprint density at radius 3 is 2.48 bits per heavy atom. The van der Waals surface area contributed by atoms with Crippen molar-refractivity contribution in [2.75, 3.05) is 5.73 Å². The third kappa shape index (κ3) is 5.81. The molecule has 5 nitrogen and oxygen atoms in total. The lowest BCUT2D eigenvalue weighted by Crippen LogP contribution is -2.18. The zero-order chi connectivity index (χ0) is 20.4. The largest absolute Gasteiger partial charge is 0.446 e. The zero-order valence-corrected chi connectivity index (χ0v) is 15.2. The van der Waals surface area contributed by atoms with Gasteiger partial charge in [0.15, 0.2) is 5.78 Å². The molecular formula is C17H17F4N3O2S. The van der Waals surface area contributed by atoms with E-state index in [1.165, 1.54) is 6.07 Å². The maximum absolute atomic E-state index is 14.1. The summed E-state index contributed by atoms with van der Waals surface area (Å²) in [5.74, 6) is -2.27. The molecule has 27 heavy (non-hydrogen) atoms. The number of nitrogens with zero attached hydrogens (tertiary/aromatic N) is 1. The fourth-order valence-electron chi connectivity index (χ4n) is 2.62. The van der Waals surface area contributed by atoms with Crippen LogP contribution in [0.15, 0.2) is 34.0 Å². The summed E-state index contributed by atoms with van der Waals surface area (Å²) in [5.41, 5.74) is 0.521. The van der Waals surface area contributed by atoms with Gasteiger partial charge < -0.3 is 5.73 Å². The normalized spacial score (nSPS) is 13.0. The Bertz CT molecular complexity index is 896. The first kappa shape index (κ1) is 20.9. The molecule has 2 aromatic rings. The molecule has 0 aliphatic heterocycles. The van der Waals surface area contributed by atoms with Gasteiger partial charge >= 0.3 is 5.51 Å². The van der Waals surface area contributed by atoms with Crippen LogP contribution in [0.25, 0.3) is 0 Å². The number of alkyl halides is 3. The van der Waals surface area contributed by atoms with Gasteiger partial charge in [-0.3, -0.25) is 14.6 Å². The number of benzene rings is 1. The quantitative estimate of drug-likeness (QED) is 0.430. The maximum Gasteiger partial charge on any atom is 0.446 e. The van der Waals surface area contributed by atoms with E-state index < -0.39 is 45.2 Å². The lowest BCUT2D eigenvalue weighted by atomic mass is 9.84. The Hall–Kier alpha value is -2.36. The second kappa shape index (κ2) is 8.12. The van der Waals surface area contributed by atoms with Crippen LogP contribution in [-0.4, -0.2) is 21.3 Å². The monoisotopic (exact) mass is 403 g/mol. The molecule has 0 aliphatic rings. The minimum Gasteiger partial charge on any atom is -0.369 e. The van der Waals surface area contributed by atoms with E-state index >= 15 is 0 Å². The SMILES string of the molecule is CC(C)[C@@H](CC(=O)c1cc(=O)[nH]c(N)n1)c1ccc(SC(F)(F)F)c(F)c1. The van der Waals surface area contributed by atoms with Crippen LogP contribution in [0.4, 0.5) is 23.5 Å². The summed E-state index contributed by atoms with van der Waals surface area (Å²) in [5, 5.41) is 0. The van der Waals surface area contributed by atoms with Crippen molar-refractivity contribution in [3.05, 3.63) is 51.7 Å². The summed E-state index contributed by atoms with van der Waals surface area (Å²) in [7, 11) is 0.